The average Bonchev–Trinajstić information content (AvgIpc) is 3.22. The summed E-state index contributed by atoms with van der Waals surface area (Å²) in [5.41, 5.74) is 5.46. The number of thiazole rings is 1. The number of fused-ring (bicyclic) bond motifs is 1. The van der Waals surface area contributed by atoms with Gasteiger partial charge in [0.25, 0.3) is 0 Å². The van der Waals surface area contributed by atoms with E-state index < -0.39 is 0 Å². The van der Waals surface area contributed by atoms with Gasteiger partial charge in [-0.15, -0.1) is 11.3 Å². The Labute approximate surface area is 182 Å². The van der Waals surface area contributed by atoms with Crippen molar-refractivity contribution in [1.82, 2.24) is 4.98 Å². The third-order valence-electron chi connectivity index (χ3n) is 5.95. The van der Waals surface area contributed by atoms with E-state index in [0.717, 1.165) is 34.5 Å². The topological polar surface area (TPSA) is 30.0 Å². The highest BCUT2D eigenvalue weighted by Gasteiger charge is 2.24. The number of ketones is 1. The van der Waals surface area contributed by atoms with E-state index in [-0.39, 0.29) is 11.7 Å². The lowest BCUT2D eigenvalue weighted by molar-refractivity contribution is 0.0883. The van der Waals surface area contributed by atoms with Gasteiger partial charge in [0.15, 0.2) is 5.78 Å². The quantitative estimate of drug-likeness (QED) is 0.296. The van der Waals surface area contributed by atoms with Gasteiger partial charge >= 0.3 is 0 Å². The van der Waals surface area contributed by atoms with Crippen LogP contribution < -0.4 is 0 Å². The summed E-state index contributed by atoms with van der Waals surface area (Å²) in [6, 6.07) is 24.8. The van der Waals surface area contributed by atoms with Crippen molar-refractivity contribution >= 4 is 27.3 Å². The number of aryl methyl sites for hydroxylation is 1. The molecule has 152 valence electrons. The van der Waals surface area contributed by atoms with Gasteiger partial charge in [-0.05, 0) is 43.0 Å². The summed E-state index contributed by atoms with van der Waals surface area (Å²) in [6.45, 7) is 6.31. The maximum atomic E-state index is 13.0. The van der Waals surface area contributed by atoms with E-state index in [4.69, 9.17) is 4.98 Å². The molecular weight excluding hydrogens is 386 g/mol. The van der Waals surface area contributed by atoms with Crippen LogP contribution in [0.4, 0.5) is 0 Å². The fraction of sp³-hybridized carbons (Fsp3) is 0.259. The molecule has 0 N–H and O–H groups in total. The first kappa shape index (κ1) is 20.5. The molecular formula is C27H27NOS. The molecule has 4 rings (SSSR count). The SMILES string of the molecule is CCC(Cc1cccc(-c2nc3ccccc3s2)c1)C(C)C(=O)c1ccc(C)cc1. The Kier molecular flexibility index (Phi) is 6.10. The summed E-state index contributed by atoms with van der Waals surface area (Å²) >= 11 is 1.73. The molecule has 0 saturated carbocycles. The first-order valence-electron chi connectivity index (χ1n) is 10.6. The lowest BCUT2D eigenvalue weighted by Crippen LogP contribution is -2.22. The molecule has 0 bridgehead atoms. The van der Waals surface area contributed by atoms with Crippen molar-refractivity contribution in [2.24, 2.45) is 11.8 Å². The van der Waals surface area contributed by atoms with Gasteiger partial charge in [-0.3, -0.25) is 4.79 Å². The van der Waals surface area contributed by atoms with Crippen LogP contribution in [-0.2, 0) is 6.42 Å². The minimum absolute atomic E-state index is 0.0104. The fourth-order valence-electron chi connectivity index (χ4n) is 4.00. The first-order chi connectivity index (χ1) is 14.5. The van der Waals surface area contributed by atoms with Crippen molar-refractivity contribution in [3.8, 4) is 10.6 Å². The van der Waals surface area contributed by atoms with Crippen LogP contribution in [0.3, 0.4) is 0 Å². The molecule has 4 aromatic rings. The Morgan fingerprint density at radius 1 is 1.00 bits per heavy atom. The molecule has 1 heterocycles. The summed E-state index contributed by atoms with van der Waals surface area (Å²) < 4.78 is 1.21. The molecule has 0 fully saturated rings. The van der Waals surface area contributed by atoms with Gasteiger partial charge in [0.1, 0.15) is 5.01 Å². The molecule has 1 aromatic heterocycles. The second-order valence-electron chi connectivity index (χ2n) is 8.08. The van der Waals surface area contributed by atoms with Crippen molar-refractivity contribution in [1.29, 1.82) is 0 Å². The molecule has 0 aliphatic heterocycles. The lowest BCUT2D eigenvalue weighted by Gasteiger charge is -2.22. The zero-order valence-electron chi connectivity index (χ0n) is 17.8. The van der Waals surface area contributed by atoms with Gasteiger partial charge in [0.05, 0.1) is 10.2 Å². The van der Waals surface area contributed by atoms with Gasteiger partial charge in [-0.25, -0.2) is 4.98 Å². The Balaban J connectivity index is 1.54. The Bertz CT molecular complexity index is 1130. The number of rotatable bonds is 7. The van der Waals surface area contributed by atoms with Crippen molar-refractivity contribution in [2.45, 2.75) is 33.6 Å². The number of nitrogens with zero attached hydrogens (tertiary/aromatic N) is 1. The molecule has 2 nitrogen and oxygen atoms in total. The molecule has 0 aliphatic rings. The third kappa shape index (κ3) is 4.36. The van der Waals surface area contributed by atoms with Crippen molar-refractivity contribution < 1.29 is 4.79 Å². The van der Waals surface area contributed by atoms with Gasteiger partial charge in [0.2, 0.25) is 0 Å². The van der Waals surface area contributed by atoms with Gasteiger partial charge in [-0.1, -0.05) is 80.4 Å². The maximum Gasteiger partial charge on any atom is 0.165 e. The summed E-state index contributed by atoms with van der Waals surface area (Å²) in [4.78, 5) is 17.8. The average molecular weight is 414 g/mol. The van der Waals surface area contributed by atoms with Gasteiger partial charge in [0, 0.05) is 17.0 Å². The lowest BCUT2D eigenvalue weighted by atomic mass is 9.81. The smallest absolute Gasteiger partial charge is 0.165 e. The van der Waals surface area contributed by atoms with E-state index in [2.05, 4.69) is 56.3 Å². The molecule has 3 heteroatoms. The zero-order chi connectivity index (χ0) is 21.1. The molecule has 2 atom stereocenters. The van der Waals surface area contributed by atoms with Crippen LogP contribution >= 0.6 is 11.3 Å². The first-order valence-corrected chi connectivity index (χ1v) is 11.4. The predicted molar refractivity (Wildman–Crippen MR) is 127 cm³/mol. The van der Waals surface area contributed by atoms with Gasteiger partial charge in [-0.2, -0.15) is 0 Å². The van der Waals surface area contributed by atoms with E-state index in [1.165, 1.54) is 15.8 Å². The van der Waals surface area contributed by atoms with Crippen molar-refractivity contribution in [3.63, 3.8) is 0 Å². The monoisotopic (exact) mass is 413 g/mol. The zero-order valence-corrected chi connectivity index (χ0v) is 18.6. The van der Waals surface area contributed by atoms with Gasteiger partial charge < -0.3 is 0 Å². The largest absolute Gasteiger partial charge is 0.294 e. The van der Waals surface area contributed by atoms with E-state index in [9.17, 15) is 4.79 Å². The summed E-state index contributed by atoms with van der Waals surface area (Å²) in [5.74, 6) is 0.539. The molecule has 2 unspecified atom stereocenters. The number of carbonyl (C=O) groups excluding carboxylic acids is 1. The molecule has 0 spiro atoms. The Morgan fingerprint density at radius 3 is 2.50 bits per heavy atom. The van der Waals surface area contributed by atoms with E-state index in [0.29, 0.717) is 5.92 Å². The van der Waals surface area contributed by atoms with Crippen LogP contribution in [0, 0.1) is 18.8 Å². The number of carbonyl (C=O) groups is 1. The van der Waals surface area contributed by atoms with E-state index in [1.54, 1.807) is 11.3 Å². The number of para-hydroxylation sites is 1. The highest BCUT2D eigenvalue weighted by Crippen LogP contribution is 2.31. The van der Waals surface area contributed by atoms with Crippen LogP contribution in [0.15, 0.2) is 72.8 Å². The highest BCUT2D eigenvalue weighted by atomic mass is 32.1. The van der Waals surface area contributed by atoms with Crippen LogP contribution in [-0.4, -0.2) is 10.8 Å². The highest BCUT2D eigenvalue weighted by molar-refractivity contribution is 7.21. The molecule has 30 heavy (non-hydrogen) atoms. The summed E-state index contributed by atoms with van der Waals surface area (Å²) in [6.07, 6.45) is 1.87. The number of hydrogen-bond donors (Lipinski definition) is 0. The summed E-state index contributed by atoms with van der Waals surface area (Å²) in [5, 5.41) is 1.05. The minimum Gasteiger partial charge on any atom is -0.294 e. The standard InChI is InChI=1S/C27H27NOS/c1-4-21(19(3)26(29)22-14-12-18(2)13-15-22)16-20-8-7-9-23(17-20)27-28-24-10-5-6-11-25(24)30-27/h5-15,17,19,21H,4,16H2,1-3H3. The van der Waals surface area contributed by atoms with Crippen molar-refractivity contribution in [3.05, 3.63) is 89.5 Å². The van der Waals surface area contributed by atoms with Crippen LogP contribution in [0.5, 0.6) is 0 Å². The molecule has 0 saturated heterocycles. The number of aromatic nitrogens is 1. The molecule has 3 aromatic carbocycles. The van der Waals surface area contributed by atoms with Crippen LogP contribution in [0.25, 0.3) is 20.8 Å². The molecule has 0 aliphatic carbocycles. The van der Waals surface area contributed by atoms with Crippen LogP contribution in [0.2, 0.25) is 0 Å². The maximum absolute atomic E-state index is 13.0. The predicted octanol–water partition coefficient (Wildman–Crippen LogP) is 7.36. The number of hydrogen-bond acceptors (Lipinski definition) is 3. The second kappa shape index (κ2) is 8.93. The van der Waals surface area contributed by atoms with E-state index >= 15 is 0 Å². The Morgan fingerprint density at radius 2 is 1.77 bits per heavy atom. The van der Waals surface area contributed by atoms with Crippen molar-refractivity contribution in [2.75, 3.05) is 0 Å². The normalized spacial score (nSPS) is 13.3. The minimum atomic E-state index is -0.0104. The fourth-order valence-corrected chi connectivity index (χ4v) is 4.96. The third-order valence-corrected chi connectivity index (χ3v) is 7.03. The number of Topliss-reactive ketones (excluding diaryl/α,β-unsaturated/α-hetero) is 1. The molecule has 0 radical (unpaired) electrons. The number of benzene rings is 3. The van der Waals surface area contributed by atoms with E-state index in [1.807, 2.05) is 37.3 Å². The van der Waals surface area contributed by atoms with Crippen LogP contribution in [0.1, 0.15) is 41.8 Å². The molecule has 0 amide bonds. The summed E-state index contributed by atoms with van der Waals surface area (Å²) in [7, 11) is 0. The second-order valence-corrected chi connectivity index (χ2v) is 9.11. The Hall–Kier alpha value is -2.78.